The molecule has 0 bridgehead atoms. The molecule has 10 N–H and O–H groups in total. The average molecular weight is 331 g/mol. The monoisotopic (exact) mass is 331 g/mol. The minimum Gasteiger partial charge on any atom is -0.481 e. The number of aliphatic carboxylic acids is 4. The van der Waals surface area contributed by atoms with Crippen LogP contribution in [0.25, 0.3) is 0 Å². The van der Waals surface area contributed by atoms with Gasteiger partial charge in [0.2, 0.25) is 0 Å². The predicted octanol–water partition coefficient (Wildman–Crippen LogP) is -1.16. The van der Waals surface area contributed by atoms with E-state index in [0.717, 1.165) is 27.7 Å². The lowest BCUT2D eigenvalue weighted by atomic mass is 10.7. The van der Waals surface area contributed by atoms with Gasteiger partial charge in [0, 0.05) is 40.8 Å². The largest absolute Gasteiger partial charge is 0.481 e. The maximum atomic E-state index is 9.00. The third-order valence-electron chi connectivity index (χ3n) is 0.167. The Balaban J connectivity index is -0.0000000353. The van der Waals surface area contributed by atoms with Crippen molar-refractivity contribution in [3.63, 3.8) is 0 Å². The van der Waals surface area contributed by atoms with Crippen molar-refractivity contribution >= 4 is 23.9 Å². The summed E-state index contributed by atoms with van der Waals surface area (Å²) >= 11 is 0. The highest BCUT2D eigenvalue weighted by atomic mass is 16.4. The van der Waals surface area contributed by atoms with Crippen LogP contribution < -0.4 is 17.2 Å². The molecule has 0 saturated carbocycles. The third-order valence-corrected chi connectivity index (χ3v) is 0.167. The van der Waals surface area contributed by atoms with Crippen molar-refractivity contribution in [2.75, 3.05) is 20.1 Å². The summed E-state index contributed by atoms with van der Waals surface area (Å²) in [5.74, 6) is -3.33. The van der Waals surface area contributed by atoms with E-state index in [1.165, 1.54) is 7.05 Å². The van der Waals surface area contributed by atoms with Crippen molar-refractivity contribution in [3.8, 4) is 0 Å². The first-order chi connectivity index (χ1) is 9.84. The summed E-state index contributed by atoms with van der Waals surface area (Å²) in [7, 11) is 1.50. The molecule has 0 radical (unpaired) electrons. The van der Waals surface area contributed by atoms with E-state index in [-0.39, 0.29) is 0 Å². The Morgan fingerprint density at radius 2 is 0.636 bits per heavy atom. The van der Waals surface area contributed by atoms with Gasteiger partial charge in [-0.25, -0.2) is 0 Å². The lowest BCUT2D eigenvalue weighted by Gasteiger charge is -1.72. The van der Waals surface area contributed by atoms with Crippen LogP contribution in [0.5, 0.6) is 0 Å². The normalized spacial score (nSPS) is 6.18. The quantitative estimate of drug-likeness (QED) is 0.303. The SMILES string of the molecule is CC(=O)O.CC(=O)O.CC(=O)O.CC(=O)O.CN.NCCN. The molecule has 0 heterocycles. The lowest BCUT2D eigenvalue weighted by Crippen LogP contribution is -2.11. The molecule has 0 fully saturated rings. The Bertz CT molecular complexity index is 194. The van der Waals surface area contributed by atoms with E-state index in [9.17, 15) is 0 Å². The highest BCUT2D eigenvalue weighted by Crippen LogP contribution is 1.43. The first-order valence-corrected chi connectivity index (χ1v) is 5.60. The average Bonchev–Trinajstić information content (AvgIpc) is 2.28. The zero-order valence-corrected chi connectivity index (χ0v) is 13.6. The summed E-state index contributed by atoms with van der Waals surface area (Å²) in [6.45, 7) is 5.53. The summed E-state index contributed by atoms with van der Waals surface area (Å²) in [6.07, 6.45) is 0. The molecule has 136 valence electrons. The van der Waals surface area contributed by atoms with Gasteiger partial charge in [-0.1, -0.05) is 0 Å². The molecule has 11 heteroatoms. The zero-order valence-electron chi connectivity index (χ0n) is 13.6. The van der Waals surface area contributed by atoms with Crippen molar-refractivity contribution in [2.45, 2.75) is 27.7 Å². The Labute approximate surface area is 129 Å². The summed E-state index contributed by atoms with van der Waals surface area (Å²) in [5, 5.41) is 29.7. The number of hydrogen-bond donors (Lipinski definition) is 7. The van der Waals surface area contributed by atoms with Crippen LogP contribution in [0, 0.1) is 0 Å². The second-order valence-electron chi connectivity index (χ2n) is 2.65. The van der Waals surface area contributed by atoms with E-state index in [1.807, 2.05) is 0 Å². The molecule has 0 saturated heterocycles. The fourth-order valence-electron chi connectivity index (χ4n) is 0. The molecule has 0 aliphatic heterocycles. The standard InChI is InChI=1S/C2H8N2.4C2H4O2.CH5N/c3-1-2-4;4*1-2(3)4;1-2/h1-4H2;4*1H3,(H,3,4);2H2,1H3. The summed E-state index contributed by atoms with van der Waals surface area (Å²) in [6, 6.07) is 0. The Morgan fingerprint density at radius 3 is 0.636 bits per heavy atom. The lowest BCUT2D eigenvalue weighted by molar-refractivity contribution is -0.135. The van der Waals surface area contributed by atoms with Gasteiger partial charge in [0.1, 0.15) is 0 Å². The van der Waals surface area contributed by atoms with Crippen molar-refractivity contribution in [1.29, 1.82) is 0 Å². The Hall–Kier alpha value is -2.24. The predicted molar refractivity (Wildman–Crippen MR) is 81.5 cm³/mol. The molecule has 0 spiro atoms. The van der Waals surface area contributed by atoms with E-state index in [4.69, 9.17) is 51.1 Å². The van der Waals surface area contributed by atoms with E-state index in [0.29, 0.717) is 13.1 Å². The van der Waals surface area contributed by atoms with Crippen molar-refractivity contribution in [2.24, 2.45) is 17.2 Å². The first kappa shape index (κ1) is 36.7. The number of carbonyl (C=O) groups is 4. The van der Waals surface area contributed by atoms with Gasteiger partial charge in [-0.05, 0) is 7.05 Å². The zero-order chi connectivity index (χ0) is 19.7. The number of hydrogen-bond acceptors (Lipinski definition) is 7. The van der Waals surface area contributed by atoms with Crippen molar-refractivity contribution in [1.82, 2.24) is 0 Å². The second kappa shape index (κ2) is 42.8. The van der Waals surface area contributed by atoms with Crippen LogP contribution >= 0.6 is 0 Å². The highest BCUT2D eigenvalue weighted by molar-refractivity contribution is 5.63. The number of nitrogens with two attached hydrogens (primary N) is 3. The maximum Gasteiger partial charge on any atom is 0.300 e. The fourth-order valence-corrected chi connectivity index (χ4v) is 0. The molecular weight excluding hydrogens is 302 g/mol. The molecule has 0 unspecified atom stereocenters. The van der Waals surface area contributed by atoms with Gasteiger partial charge in [-0.15, -0.1) is 0 Å². The molecule has 0 rings (SSSR count). The molecule has 0 aliphatic carbocycles. The van der Waals surface area contributed by atoms with Crippen LogP contribution in [-0.2, 0) is 19.2 Å². The molecule has 22 heavy (non-hydrogen) atoms. The van der Waals surface area contributed by atoms with Gasteiger partial charge in [-0.3, -0.25) is 19.2 Å². The van der Waals surface area contributed by atoms with Gasteiger partial charge >= 0.3 is 0 Å². The van der Waals surface area contributed by atoms with Crippen LogP contribution in [0.4, 0.5) is 0 Å². The van der Waals surface area contributed by atoms with Gasteiger partial charge in [-0.2, -0.15) is 0 Å². The van der Waals surface area contributed by atoms with Crippen molar-refractivity contribution in [3.05, 3.63) is 0 Å². The van der Waals surface area contributed by atoms with Crippen LogP contribution in [0.1, 0.15) is 27.7 Å². The Morgan fingerprint density at radius 1 is 0.591 bits per heavy atom. The first-order valence-electron chi connectivity index (χ1n) is 5.60. The third kappa shape index (κ3) is 3240. The molecule has 0 amide bonds. The van der Waals surface area contributed by atoms with Gasteiger partial charge in [0.25, 0.3) is 23.9 Å². The van der Waals surface area contributed by atoms with E-state index < -0.39 is 23.9 Å². The minimum atomic E-state index is -0.833. The molecule has 0 aromatic rings. The molecule has 11 nitrogen and oxygen atoms in total. The molecule has 0 aromatic heterocycles. The summed E-state index contributed by atoms with van der Waals surface area (Å²) in [4.78, 5) is 36.0. The van der Waals surface area contributed by atoms with Crippen LogP contribution in [0.3, 0.4) is 0 Å². The van der Waals surface area contributed by atoms with Crippen molar-refractivity contribution < 1.29 is 39.6 Å². The topological polar surface area (TPSA) is 227 Å². The molecular formula is C11H29N3O8. The molecule has 0 atom stereocenters. The number of carboxylic acid groups (broad SMARTS) is 4. The van der Waals surface area contributed by atoms with Gasteiger partial charge < -0.3 is 37.6 Å². The second-order valence-corrected chi connectivity index (χ2v) is 2.65. The fraction of sp³-hybridized carbons (Fsp3) is 0.636. The van der Waals surface area contributed by atoms with Gasteiger partial charge in [0.15, 0.2) is 0 Å². The Kier molecular flexibility index (Phi) is 71.4. The number of rotatable bonds is 1. The van der Waals surface area contributed by atoms with Crippen LogP contribution in [0.2, 0.25) is 0 Å². The smallest absolute Gasteiger partial charge is 0.300 e. The maximum absolute atomic E-state index is 9.00. The summed E-state index contributed by atoms with van der Waals surface area (Å²) < 4.78 is 0. The number of carboxylic acids is 4. The molecule has 0 aliphatic rings. The van der Waals surface area contributed by atoms with Gasteiger partial charge in [0.05, 0.1) is 0 Å². The van der Waals surface area contributed by atoms with Crippen LogP contribution in [-0.4, -0.2) is 64.4 Å². The van der Waals surface area contributed by atoms with E-state index in [2.05, 4.69) is 5.73 Å². The minimum absolute atomic E-state index is 0.597. The highest BCUT2D eigenvalue weighted by Gasteiger charge is 1.66. The van der Waals surface area contributed by atoms with E-state index >= 15 is 0 Å². The molecule has 0 aromatic carbocycles. The van der Waals surface area contributed by atoms with Crippen LogP contribution in [0.15, 0.2) is 0 Å². The van der Waals surface area contributed by atoms with E-state index in [1.54, 1.807) is 0 Å². The summed E-state index contributed by atoms with van der Waals surface area (Å²) in [5.41, 5.74) is 14.3.